The van der Waals surface area contributed by atoms with Gasteiger partial charge in [0, 0.05) is 13.1 Å². The Morgan fingerprint density at radius 1 is 1.04 bits per heavy atom. The molecular formula is C20H26N2O3S. The van der Waals surface area contributed by atoms with Crippen molar-refractivity contribution >= 4 is 10.0 Å². The fourth-order valence-corrected chi connectivity index (χ4v) is 4.36. The number of rotatable bonds is 7. The summed E-state index contributed by atoms with van der Waals surface area (Å²) < 4.78 is 27.5. The summed E-state index contributed by atoms with van der Waals surface area (Å²) in [6.45, 7) is 2.86. The molecule has 0 amide bonds. The number of likely N-dealkylation sites (tertiary alicyclic amines) is 1. The highest BCUT2D eigenvalue weighted by atomic mass is 32.2. The van der Waals surface area contributed by atoms with Gasteiger partial charge < -0.3 is 10.0 Å². The highest BCUT2D eigenvalue weighted by Gasteiger charge is 2.18. The van der Waals surface area contributed by atoms with Crippen LogP contribution in [0.5, 0.6) is 0 Å². The number of aliphatic hydroxyl groups is 1. The van der Waals surface area contributed by atoms with Crippen LogP contribution in [0.3, 0.4) is 0 Å². The van der Waals surface area contributed by atoms with E-state index in [0.29, 0.717) is 13.1 Å². The summed E-state index contributed by atoms with van der Waals surface area (Å²) in [7, 11) is -3.49. The molecule has 1 atom stereocenters. The molecule has 3 rings (SSSR count). The second-order valence-corrected chi connectivity index (χ2v) is 8.51. The second-order valence-electron chi connectivity index (χ2n) is 6.74. The molecule has 1 saturated heterocycles. The third kappa shape index (κ3) is 5.14. The van der Waals surface area contributed by atoms with Crippen molar-refractivity contribution in [1.29, 1.82) is 0 Å². The lowest BCUT2D eigenvalue weighted by molar-refractivity contribution is 0.0704. The summed E-state index contributed by atoms with van der Waals surface area (Å²) in [5.41, 5.74) is 2.06. The van der Waals surface area contributed by atoms with Crippen LogP contribution in [0.1, 0.15) is 19.3 Å². The van der Waals surface area contributed by atoms with Gasteiger partial charge in [0.05, 0.1) is 11.0 Å². The molecule has 0 radical (unpaired) electrons. The van der Waals surface area contributed by atoms with Crippen molar-refractivity contribution in [2.75, 3.05) is 26.2 Å². The molecular weight excluding hydrogens is 348 g/mol. The number of sulfonamides is 1. The lowest BCUT2D eigenvalue weighted by Crippen LogP contribution is -2.39. The predicted molar refractivity (Wildman–Crippen MR) is 103 cm³/mol. The fraction of sp³-hybridized carbons (Fsp3) is 0.400. The molecule has 6 heteroatoms. The van der Waals surface area contributed by atoms with Gasteiger partial charge in [-0.05, 0) is 55.6 Å². The predicted octanol–water partition coefficient (Wildman–Crippen LogP) is 2.48. The first-order chi connectivity index (χ1) is 12.5. The van der Waals surface area contributed by atoms with Crippen LogP contribution >= 0.6 is 0 Å². The Morgan fingerprint density at radius 2 is 1.73 bits per heavy atom. The third-order valence-electron chi connectivity index (χ3n) is 4.70. The number of β-amino-alcohol motifs (C(OH)–C–C–N with tert-alkyl or cyclic N) is 1. The smallest absolute Gasteiger partial charge is 0.240 e. The standard InChI is InChI=1S/C20H26N2O3S/c23-19-8-4-14-22(16-19)15-5-13-21-26(24,25)20-11-9-18(10-12-20)17-6-2-1-3-7-17/h1-3,6-7,9-12,19,21,23H,4-5,8,13-16H2. The zero-order valence-electron chi connectivity index (χ0n) is 14.8. The van der Waals surface area contributed by atoms with Crippen LogP contribution in [0.15, 0.2) is 59.5 Å². The minimum Gasteiger partial charge on any atom is -0.392 e. The van der Waals surface area contributed by atoms with Crippen molar-refractivity contribution in [3.8, 4) is 11.1 Å². The molecule has 2 aromatic rings. The molecule has 1 unspecified atom stereocenters. The molecule has 1 heterocycles. The summed E-state index contributed by atoms with van der Waals surface area (Å²) in [6.07, 6.45) is 2.35. The largest absolute Gasteiger partial charge is 0.392 e. The van der Waals surface area contributed by atoms with Gasteiger partial charge in [-0.2, -0.15) is 0 Å². The van der Waals surface area contributed by atoms with Gasteiger partial charge in [-0.25, -0.2) is 13.1 Å². The molecule has 1 aliphatic heterocycles. The van der Waals surface area contributed by atoms with Gasteiger partial charge >= 0.3 is 0 Å². The number of nitrogens with zero attached hydrogens (tertiary/aromatic N) is 1. The maximum atomic E-state index is 12.4. The summed E-state index contributed by atoms with van der Waals surface area (Å²) >= 11 is 0. The minimum atomic E-state index is -3.49. The van der Waals surface area contributed by atoms with Crippen molar-refractivity contribution < 1.29 is 13.5 Å². The lowest BCUT2D eigenvalue weighted by Gasteiger charge is -2.29. The summed E-state index contributed by atoms with van der Waals surface area (Å²) in [5, 5.41) is 9.67. The molecule has 0 spiro atoms. The van der Waals surface area contributed by atoms with E-state index in [1.165, 1.54) is 0 Å². The summed E-state index contributed by atoms with van der Waals surface area (Å²) in [4.78, 5) is 2.47. The number of hydrogen-bond donors (Lipinski definition) is 2. The number of benzene rings is 2. The number of aliphatic hydroxyl groups excluding tert-OH is 1. The van der Waals surface area contributed by atoms with Crippen LogP contribution in [0.4, 0.5) is 0 Å². The Hall–Kier alpha value is -1.73. The molecule has 0 aliphatic carbocycles. The number of nitrogens with one attached hydrogen (secondary N) is 1. The number of hydrogen-bond acceptors (Lipinski definition) is 4. The Morgan fingerprint density at radius 3 is 2.42 bits per heavy atom. The van der Waals surface area contributed by atoms with E-state index in [2.05, 4.69) is 9.62 Å². The van der Waals surface area contributed by atoms with E-state index in [1.54, 1.807) is 12.1 Å². The van der Waals surface area contributed by atoms with Crippen molar-refractivity contribution in [2.45, 2.75) is 30.3 Å². The highest BCUT2D eigenvalue weighted by molar-refractivity contribution is 7.89. The minimum absolute atomic E-state index is 0.247. The van der Waals surface area contributed by atoms with Crippen LogP contribution in [0, 0.1) is 0 Å². The molecule has 2 aromatic carbocycles. The Bertz CT molecular complexity index is 792. The first-order valence-corrected chi connectivity index (χ1v) is 10.6. The molecule has 2 N–H and O–H groups in total. The maximum Gasteiger partial charge on any atom is 0.240 e. The fourth-order valence-electron chi connectivity index (χ4n) is 3.28. The molecule has 1 aliphatic rings. The van der Waals surface area contributed by atoms with Gasteiger partial charge in [0.1, 0.15) is 0 Å². The van der Waals surface area contributed by atoms with E-state index < -0.39 is 10.0 Å². The number of piperidine rings is 1. The molecule has 0 bridgehead atoms. The monoisotopic (exact) mass is 374 g/mol. The van der Waals surface area contributed by atoms with E-state index in [4.69, 9.17) is 0 Å². The topological polar surface area (TPSA) is 69.6 Å². The van der Waals surface area contributed by atoms with Crippen LogP contribution < -0.4 is 4.72 Å². The molecule has 5 nitrogen and oxygen atoms in total. The zero-order valence-corrected chi connectivity index (χ0v) is 15.7. The molecule has 1 fully saturated rings. The molecule has 0 aromatic heterocycles. The van der Waals surface area contributed by atoms with E-state index >= 15 is 0 Å². The summed E-state index contributed by atoms with van der Waals surface area (Å²) in [6, 6.07) is 16.8. The van der Waals surface area contributed by atoms with Gasteiger partial charge in [0.15, 0.2) is 0 Å². The van der Waals surface area contributed by atoms with Crippen LogP contribution in [0.25, 0.3) is 11.1 Å². The van der Waals surface area contributed by atoms with Gasteiger partial charge in [-0.3, -0.25) is 0 Å². The first-order valence-electron chi connectivity index (χ1n) is 9.10. The first kappa shape index (κ1) is 19.0. The van der Waals surface area contributed by atoms with Gasteiger partial charge in [0.2, 0.25) is 10.0 Å². The Labute approximate surface area is 155 Å². The van der Waals surface area contributed by atoms with Gasteiger partial charge in [0.25, 0.3) is 0 Å². The van der Waals surface area contributed by atoms with E-state index in [0.717, 1.165) is 43.5 Å². The third-order valence-corrected chi connectivity index (χ3v) is 6.17. The molecule has 0 saturated carbocycles. The quantitative estimate of drug-likeness (QED) is 0.731. The highest BCUT2D eigenvalue weighted by Crippen LogP contribution is 2.20. The van der Waals surface area contributed by atoms with E-state index in [9.17, 15) is 13.5 Å². The average Bonchev–Trinajstić information content (AvgIpc) is 2.66. The maximum absolute atomic E-state index is 12.4. The van der Waals surface area contributed by atoms with Crippen molar-refractivity contribution in [3.05, 3.63) is 54.6 Å². The average molecular weight is 375 g/mol. The van der Waals surface area contributed by atoms with E-state index in [-0.39, 0.29) is 11.0 Å². The van der Waals surface area contributed by atoms with Gasteiger partial charge in [-0.15, -0.1) is 0 Å². The van der Waals surface area contributed by atoms with Crippen molar-refractivity contribution in [3.63, 3.8) is 0 Å². The molecule has 140 valence electrons. The second kappa shape index (κ2) is 8.77. The van der Waals surface area contributed by atoms with Crippen LogP contribution in [-0.2, 0) is 10.0 Å². The zero-order chi connectivity index (χ0) is 18.4. The van der Waals surface area contributed by atoms with Gasteiger partial charge in [-0.1, -0.05) is 42.5 Å². The van der Waals surface area contributed by atoms with Crippen molar-refractivity contribution in [1.82, 2.24) is 9.62 Å². The Kier molecular flexibility index (Phi) is 6.43. The normalized spacial score (nSPS) is 18.7. The molecule has 26 heavy (non-hydrogen) atoms. The SMILES string of the molecule is O=S(=O)(NCCCN1CCCC(O)C1)c1ccc(-c2ccccc2)cc1. The van der Waals surface area contributed by atoms with Crippen molar-refractivity contribution in [2.24, 2.45) is 0 Å². The van der Waals surface area contributed by atoms with E-state index in [1.807, 2.05) is 42.5 Å². The van der Waals surface area contributed by atoms with Crippen LogP contribution in [-0.4, -0.2) is 50.7 Å². The lowest BCUT2D eigenvalue weighted by atomic mass is 10.1. The summed E-state index contributed by atoms with van der Waals surface area (Å²) in [5.74, 6) is 0. The van der Waals surface area contributed by atoms with Crippen LogP contribution in [0.2, 0.25) is 0 Å². The Balaban J connectivity index is 1.51.